The number of nitrogens with one attached hydrogen (secondary N) is 1. The average Bonchev–Trinajstić information content (AvgIpc) is 2.80. The van der Waals surface area contributed by atoms with Crippen LogP contribution >= 0.6 is 23.5 Å². The summed E-state index contributed by atoms with van der Waals surface area (Å²) in [5.74, 6) is 9.31. The van der Waals surface area contributed by atoms with E-state index in [9.17, 15) is 0 Å². The van der Waals surface area contributed by atoms with E-state index < -0.39 is 0 Å². The number of furan rings is 1. The first-order chi connectivity index (χ1) is 7.40. The van der Waals surface area contributed by atoms with Crippen molar-refractivity contribution >= 4 is 23.5 Å². The summed E-state index contributed by atoms with van der Waals surface area (Å²) in [4.78, 5) is 0. The van der Waals surface area contributed by atoms with E-state index in [4.69, 9.17) is 10.3 Å². The van der Waals surface area contributed by atoms with Gasteiger partial charge in [0.2, 0.25) is 0 Å². The van der Waals surface area contributed by atoms with Crippen molar-refractivity contribution in [2.24, 2.45) is 5.84 Å². The van der Waals surface area contributed by atoms with Crippen molar-refractivity contribution in [2.75, 3.05) is 17.3 Å². The summed E-state index contributed by atoms with van der Waals surface area (Å²) < 4.78 is 5.07. The van der Waals surface area contributed by atoms with Gasteiger partial charge in [-0.1, -0.05) is 0 Å². The fourth-order valence-corrected chi connectivity index (χ4v) is 4.57. The zero-order valence-electron chi connectivity index (χ0n) is 8.52. The van der Waals surface area contributed by atoms with Gasteiger partial charge in [0.05, 0.1) is 12.5 Å². The van der Waals surface area contributed by atoms with E-state index in [2.05, 4.69) is 5.43 Å². The molecular weight excluding hydrogens is 228 g/mol. The van der Waals surface area contributed by atoms with Crippen LogP contribution in [0.3, 0.4) is 0 Å². The van der Waals surface area contributed by atoms with Crippen LogP contribution in [0.2, 0.25) is 0 Å². The topological polar surface area (TPSA) is 51.2 Å². The van der Waals surface area contributed by atoms with Gasteiger partial charge in [0.25, 0.3) is 0 Å². The second-order valence-electron chi connectivity index (χ2n) is 3.59. The Hall–Kier alpha value is -0.100. The SMILES string of the molecule is NNC(Cc1ccoc1)C1CSCCS1. The third-order valence-electron chi connectivity index (χ3n) is 2.54. The predicted octanol–water partition coefficient (Wildman–Crippen LogP) is 1.50. The molecule has 3 nitrogen and oxygen atoms in total. The van der Waals surface area contributed by atoms with Gasteiger partial charge < -0.3 is 4.42 Å². The molecule has 5 heteroatoms. The Labute approximate surface area is 98.5 Å². The summed E-state index contributed by atoms with van der Waals surface area (Å²) >= 11 is 4.04. The summed E-state index contributed by atoms with van der Waals surface area (Å²) in [5, 5.41) is 0.614. The van der Waals surface area contributed by atoms with Gasteiger partial charge in [-0.2, -0.15) is 23.5 Å². The van der Waals surface area contributed by atoms with Crippen LogP contribution in [0.15, 0.2) is 23.0 Å². The van der Waals surface area contributed by atoms with Crippen LogP contribution in [0.1, 0.15) is 5.56 Å². The molecule has 2 rings (SSSR count). The first-order valence-corrected chi connectivity index (χ1v) is 7.27. The molecule has 0 amide bonds. The van der Waals surface area contributed by atoms with Crippen LogP contribution in [0.4, 0.5) is 0 Å². The van der Waals surface area contributed by atoms with Crippen molar-refractivity contribution in [2.45, 2.75) is 17.7 Å². The highest BCUT2D eigenvalue weighted by Crippen LogP contribution is 2.27. The molecule has 0 bridgehead atoms. The molecule has 0 aliphatic carbocycles. The molecule has 2 heterocycles. The summed E-state index contributed by atoms with van der Waals surface area (Å²) in [7, 11) is 0. The first kappa shape index (κ1) is 11.4. The molecule has 2 atom stereocenters. The lowest BCUT2D eigenvalue weighted by Gasteiger charge is -2.28. The summed E-state index contributed by atoms with van der Waals surface area (Å²) in [5.41, 5.74) is 4.15. The Morgan fingerprint density at radius 3 is 3.13 bits per heavy atom. The minimum Gasteiger partial charge on any atom is -0.472 e. The maximum Gasteiger partial charge on any atom is 0.0935 e. The highest BCUT2D eigenvalue weighted by atomic mass is 32.2. The highest BCUT2D eigenvalue weighted by molar-refractivity contribution is 8.06. The maximum atomic E-state index is 5.62. The van der Waals surface area contributed by atoms with Crippen LogP contribution in [0.5, 0.6) is 0 Å². The lowest BCUT2D eigenvalue weighted by Crippen LogP contribution is -2.46. The molecule has 0 saturated carbocycles. The maximum absolute atomic E-state index is 5.62. The van der Waals surface area contributed by atoms with Crippen LogP contribution < -0.4 is 11.3 Å². The number of hydrogen-bond donors (Lipinski definition) is 2. The Bertz CT molecular complexity index is 273. The number of hydrogen-bond acceptors (Lipinski definition) is 5. The van der Waals surface area contributed by atoms with Gasteiger partial charge in [-0.15, -0.1) is 0 Å². The molecule has 1 saturated heterocycles. The molecule has 1 aromatic heterocycles. The first-order valence-electron chi connectivity index (χ1n) is 5.06. The van der Waals surface area contributed by atoms with Gasteiger partial charge in [0, 0.05) is 28.6 Å². The van der Waals surface area contributed by atoms with Crippen molar-refractivity contribution < 1.29 is 4.42 Å². The van der Waals surface area contributed by atoms with Crippen molar-refractivity contribution in [1.82, 2.24) is 5.43 Å². The molecule has 3 N–H and O–H groups in total. The van der Waals surface area contributed by atoms with Crippen LogP contribution in [0.25, 0.3) is 0 Å². The molecule has 0 aromatic carbocycles. The van der Waals surface area contributed by atoms with Gasteiger partial charge >= 0.3 is 0 Å². The van der Waals surface area contributed by atoms with Gasteiger partial charge in [-0.25, -0.2) is 0 Å². The van der Waals surface area contributed by atoms with Crippen LogP contribution in [-0.4, -0.2) is 28.6 Å². The van der Waals surface area contributed by atoms with E-state index in [1.54, 1.807) is 12.5 Å². The lowest BCUT2D eigenvalue weighted by atomic mass is 10.1. The van der Waals surface area contributed by atoms with Crippen LogP contribution in [-0.2, 0) is 6.42 Å². The zero-order valence-corrected chi connectivity index (χ0v) is 10.2. The van der Waals surface area contributed by atoms with Gasteiger partial charge in [-0.05, 0) is 18.1 Å². The van der Waals surface area contributed by atoms with E-state index >= 15 is 0 Å². The molecule has 2 unspecified atom stereocenters. The largest absolute Gasteiger partial charge is 0.472 e. The molecule has 1 fully saturated rings. The second-order valence-corrected chi connectivity index (χ2v) is 6.09. The normalized spacial score (nSPS) is 23.9. The lowest BCUT2D eigenvalue weighted by molar-refractivity contribution is 0.515. The van der Waals surface area contributed by atoms with E-state index in [0.29, 0.717) is 11.3 Å². The van der Waals surface area contributed by atoms with E-state index in [1.807, 2.05) is 29.6 Å². The molecule has 1 aliphatic heterocycles. The average molecular weight is 244 g/mol. The fourth-order valence-electron chi connectivity index (χ4n) is 1.70. The molecule has 0 radical (unpaired) electrons. The smallest absolute Gasteiger partial charge is 0.0935 e. The third-order valence-corrected chi connectivity index (χ3v) is 5.46. The molecule has 0 spiro atoms. The quantitative estimate of drug-likeness (QED) is 0.621. The van der Waals surface area contributed by atoms with Crippen molar-refractivity contribution in [1.29, 1.82) is 0 Å². The summed E-state index contributed by atoms with van der Waals surface area (Å²) in [6.45, 7) is 0. The molecule has 1 aromatic rings. The van der Waals surface area contributed by atoms with Gasteiger partial charge in [0.1, 0.15) is 0 Å². The van der Waals surface area contributed by atoms with E-state index in [-0.39, 0.29) is 0 Å². The zero-order chi connectivity index (χ0) is 10.5. The van der Waals surface area contributed by atoms with Crippen molar-refractivity contribution in [3.63, 3.8) is 0 Å². The number of rotatable bonds is 4. The number of thioether (sulfide) groups is 2. The summed E-state index contributed by atoms with van der Waals surface area (Å²) in [6.07, 6.45) is 4.46. The highest BCUT2D eigenvalue weighted by Gasteiger charge is 2.23. The molecule has 1 aliphatic rings. The Balaban J connectivity index is 1.91. The predicted molar refractivity (Wildman–Crippen MR) is 67.1 cm³/mol. The van der Waals surface area contributed by atoms with Crippen molar-refractivity contribution in [3.8, 4) is 0 Å². The van der Waals surface area contributed by atoms with Gasteiger partial charge in [0.15, 0.2) is 0 Å². The Morgan fingerprint density at radius 2 is 2.53 bits per heavy atom. The molecule has 15 heavy (non-hydrogen) atoms. The number of nitrogens with two attached hydrogens (primary N) is 1. The Kier molecular flexibility index (Phi) is 4.43. The standard InChI is InChI=1S/C10H16N2OS2/c11-12-9(5-8-1-2-13-6-8)10-7-14-3-4-15-10/h1-2,6,9-10,12H,3-5,7,11H2. The minimum atomic E-state index is 0.348. The monoisotopic (exact) mass is 244 g/mol. The minimum absolute atomic E-state index is 0.348. The fraction of sp³-hybridized carbons (Fsp3) is 0.600. The third kappa shape index (κ3) is 3.17. The number of hydrazine groups is 1. The van der Waals surface area contributed by atoms with E-state index in [1.165, 1.54) is 22.8 Å². The van der Waals surface area contributed by atoms with Gasteiger partial charge in [-0.3, -0.25) is 11.3 Å². The van der Waals surface area contributed by atoms with Crippen LogP contribution in [0, 0.1) is 0 Å². The van der Waals surface area contributed by atoms with E-state index in [0.717, 1.165) is 6.42 Å². The molecular formula is C10H16N2OS2. The Morgan fingerprint density at radius 1 is 1.60 bits per heavy atom. The molecule has 84 valence electrons. The van der Waals surface area contributed by atoms with Crippen molar-refractivity contribution in [3.05, 3.63) is 24.2 Å². The second kappa shape index (κ2) is 5.84. The summed E-state index contributed by atoms with van der Waals surface area (Å²) in [6, 6.07) is 2.35.